The summed E-state index contributed by atoms with van der Waals surface area (Å²) in [6.07, 6.45) is 2.21. The highest BCUT2D eigenvalue weighted by molar-refractivity contribution is 7.89. The van der Waals surface area contributed by atoms with Crippen LogP contribution in [0.15, 0.2) is 53.4 Å². The van der Waals surface area contributed by atoms with Gasteiger partial charge in [0.25, 0.3) is 5.69 Å². The number of hydrogen-bond donors (Lipinski definition) is 0. The molecule has 2 aromatic rings. The average molecular weight is 420 g/mol. The van der Waals surface area contributed by atoms with Crippen LogP contribution >= 0.6 is 0 Å². The van der Waals surface area contributed by atoms with E-state index >= 15 is 0 Å². The first-order chi connectivity index (χ1) is 13.9. The first-order valence-corrected chi connectivity index (χ1v) is 10.9. The van der Waals surface area contributed by atoms with E-state index in [0.29, 0.717) is 6.54 Å². The van der Waals surface area contributed by atoms with E-state index in [9.17, 15) is 18.5 Å². The minimum atomic E-state index is -4.08. The molecule has 156 valence electrons. The van der Waals surface area contributed by atoms with Gasteiger partial charge in [0.1, 0.15) is 5.75 Å². The molecule has 0 aromatic heterocycles. The third-order valence-electron chi connectivity index (χ3n) is 5.05. The molecule has 0 saturated carbocycles. The fourth-order valence-electron chi connectivity index (χ4n) is 3.45. The zero-order valence-electron chi connectivity index (χ0n) is 16.4. The molecule has 8 nitrogen and oxygen atoms in total. The molecular formula is C20H25N3O5S. The second-order valence-electron chi connectivity index (χ2n) is 6.96. The molecule has 1 saturated heterocycles. The lowest BCUT2D eigenvalue weighted by atomic mass is 10.2. The van der Waals surface area contributed by atoms with Crippen molar-refractivity contribution in [3.05, 3.63) is 64.2 Å². The molecule has 2 aromatic carbocycles. The van der Waals surface area contributed by atoms with Crippen molar-refractivity contribution in [1.29, 1.82) is 0 Å². The Hall–Kier alpha value is -2.49. The van der Waals surface area contributed by atoms with Crippen molar-refractivity contribution in [1.82, 2.24) is 9.21 Å². The van der Waals surface area contributed by atoms with E-state index in [2.05, 4.69) is 4.90 Å². The zero-order valence-corrected chi connectivity index (χ0v) is 17.2. The van der Waals surface area contributed by atoms with E-state index in [1.165, 1.54) is 23.5 Å². The summed E-state index contributed by atoms with van der Waals surface area (Å²) >= 11 is 0. The number of benzene rings is 2. The first-order valence-electron chi connectivity index (χ1n) is 9.50. The van der Waals surface area contributed by atoms with E-state index in [4.69, 9.17) is 4.74 Å². The van der Waals surface area contributed by atoms with Crippen LogP contribution in [-0.2, 0) is 16.6 Å². The van der Waals surface area contributed by atoms with Crippen LogP contribution in [0.4, 0.5) is 5.69 Å². The number of hydrogen-bond acceptors (Lipinski definition) is 6. The summed E-state index contributed by atoms with van der Waals surface area (Å²) in [4.78, 5) is 12.8. The lowest BCUT2D eigenvalue weighted by Gasteiger charge is -2.25. The van der Waals surface area contributed by atoms with Gasteiger partial charge in [-0.3, -0.25) is 10.1 Å². The van der Waals surface area contributed by atoms with E-state index in [-0.39, 0.29) is 23.7 Å². The molecule has 1 aliphatic heterocycles. The van der Waals surface area contributed by atoms with Crippen LogP contribution in [-0.4, -0.2) is 55.8 Å². The number of methoxy groups -OCH3 is 1. The molecule has 1 fully saturated rings. The number of nitro groups is 1. The molecule has 0 spiro atoms. The van der Waals surface area contributed by atoms with Gasteiger partial charge in [-0.25, -0.2) is 8.42 Å². The maximum absolute atomic E-state index is 13.4. The van der Waals surface area contributed by atoms with Gasteiger partial charge in [0, 0.05) is 19.6 Å². The fourth-order valence-corrected chi connectivity index (χ4v) is 5.01. The van der Waals surface area contributed by atoms with Gasteiger partial charge in [-0.2, -0.15) is 4.31 Å². The summed E-state index contributed by atoms with van der Waals surface area (Å²) in [7, 11) is -2.70. The predicted octanol–water partition coefficient (Wildman–Crippen LogP) is 2.89. The highest BCUT2D eigenvalue weighted by atomic mass is 32.2. The number of nitro benzene ring substituents is 1. The van der Waals surface area contributed by atoms with Gasteiger partial charge in [-0.15, -0.1) is 0 Å². The molecule has 29 heavy (non-hydrogen) atoms. The Morgan fingerprint density at radius 1 is 1.14 bits per heavy atom. The van der Waals surface area contributed by atoms with Crippen molar-refractivity contribution in [2.45, 2.75) is 24.3 Å². The highest BCUT2D eigenvalue weighted by Gasteiger charge is 2.32. The third-order valence-corrected chi connectivity index (χ3v) is 6.94. The Morgan fingerprint density at radius 3 is 2.45 bits per heavy atom. The molecule has 0 unspecified atom stereocenters. The fraction of sp³-hybridized carbons (Fsp3) is 0.400. The molecule has 0 radical (unpaired) electrons. The third kappa shape index (κ3) is 5.11. The van der Waals surface area contributed by atoms with Crippen molar-refractivity contribution >= 4 is 15.7 Å². The molecule has 0 aliphatic carbocycles. The van der Waals surface area contributed by atoms with Crippen LogP contribution < -0.4 is 4.74 Å². The van der Waals surface area contributed by atoms with Gasteiger partial charge < -0.3 is 9.64 Å². The van der Waals surface area contributed by atoms with E-state index in [0.717, 1.165) is 37.6 Å². The number of sulfonamides is 1. The first kappa shape index (κ1) is 21.2. The second-order valence-corrected chi connectivity index (χ2v) is 8.87. The Bertz CT molecular complexity index is 944. The van der Waals surface area contributed by atoms with E-state index in [1.54, 1.807) is 0 Å². The number of likely N-dealkylation sites (tertiary alicyclic amines) is 1. The highest BCUT2D eigenvalue weighted by Crippen LogP contribution is 2.31. The number of nitrogens with zero attached hydrogens (tertiary/aromatic N) is 3. The zero-order chi connectivity index (χ0) is 20.9. The minimum absolute atomic E-state index is 0.153. The molecule has 9 heteroatoms. The smallest absolute Gasteiger partial charge is 0.293 e. The summed E-state index contributed by atoms with van der Waals surface area (Å²) in [5, 5.41) is 11.5. The van der Waals surface area contributed by atoms with E-state index in [1.807, 2.05) is 30.3 Å². The Kier molecular flexibility index (Phi) is 6.83. The van der Waals surface area contributed by atoms with Crippen LogP contribution in [0.1, 0.15) is 18.4 Å². The summed E-state index contributed by atoms with van der Waals surface area (Å²) in [6, 6.07) is 13.1. The lowest BCUT2D eigenvalue weighted by molar-refractivity contribution is -0.387. The minimum Gasteiger partial charge on any atom is -0.497 e. The average Bonchev–Trinajstić information content (AvgIpc) is 3.24. The molecule has 0 N–H and O–H groups in total. The predicted molar refractivity (Wildman–Crippen MR) is 109 cm³/mol. The van der Waals surface area contributed by atoms with Crippen LogP contribution in [0.2, 0.25) is 0 Å². The van der Waals surface area contributed by atoms with Gasteiger partial charge >= 0.3 is 0 Å². The number of rotatable bonds is 9. The van der Waals surface area contributed by atoms with Crippen LogP contribution in [0, 0.1) is 10.1 Å². The Morgan fingerprint density at radius 2 is 1.83 bits per heavy atom. The largest absolute Gasteiger partial charge is 0.497 e. The van der Waals surface area contributed by atoms with Gasteiger partial charge in [0.05, 0.1) is 18.1 Å². The monoisotopic (exact) mass is 419 g/mol. The lowest BCUT2D eigenvalue weighted by Crippen LogP contribution is -2.37. The molecule has 0 amide bonds. The molecule has 1 aliphatic rings. The summed E-state index contributed by atoms with van der Waals surface area (Å²) in [6.45, 7) is 2.90. The summed E-state index contributed by atoms with van der Waals surface area (Å²) < 4.78 is 33.2. The summed E-state index contributed by atoms with van der Waals surface area (Å²) in [5.74, 6) is 0.238. The SMILES string of the molecule is COc1ccc(S(=O)(=O)N(CCN2CCCC2)Cc2ccccc2)c([N+](=O)[O-])c1. The van der Waals surface area contributed by atoms with Gasteiger partial charge in [0.2, 0.25) is 10.0 Å². The van der Waals surface area contributed by atoms with Crippen LogP contribution in [0.5, 0.6) is 5.75 Å². The molecule has 0 bridgehead atoms. The maximum Gasteiger partial charge on any atom is 0.293 e. The van der Waals surface area contributed by atoms with Crippen molar-refractivity contribution in [2.75, 3.05) is 33.3 Å². The number of ether oxygens (including phenoxy) is 1. The van der Waals surface area contributed by atoms with Crippen LogP contribution in [0.3, 0.4) is 0 Å². The van der Waals surface area contributed by atoms with Crippen molar-refractivity contribution in [2.24, 2.45) is 0 Å². The van der Waals surface area contributed by atoms with Crippen molar-refractivity contribution in [3.63, 3.8) is 0 Å². The molecular weight excluding hydrogens is 394 g/mol. The normalized spacial score (nSPS) is 15.0. The van der Waals surface area contributed by atoms with Crippen LogP contribution in [0.25, 0.3) is 0 Å². The topological polar surface area (TPSA) is 93.0 Å². The Labute approximate surface area is 170 Å². The maximum atomic E-state index is 13.4. The van der Waals surface area contributed by atoms with Gasteiger partial charge in [-0.1, -0.05) is 30.3 Å². The van der Waals surface area contributed by atoms with Gasteiger partial charge in [0.15, 0.2) is 4.90 Å². The van der Waals surface area contributed by atoms with Crippen molar-refractivity contribution in [3.8, 4) is 5.75 Å². The van der Waals surface area contributed by atoms with E-state index < -0.39 is 20.6 Å². The molecule has 0 atom stereocenters. The Balaban J connectivity index is 1.94. The molecule has 1 heterocycles. The standard InChI is InChI=1S/C20H25N3O5S/c1-28-18-9-10-20(19(15-18)23(24)25)29(26,27)22(14-13-21-11-5-6-12-21)16-17-7-3-2-4-8-17/h2-4,7-10,15H,5-6,11-14,16H2,1H3. The van der Waals surface area contributed by atoms with Crippen molar-refractivity contribution < 1.29 is 18.1 Å². The second kappa shape index (κ2) is 9.34. The quantitative estimate of drug-likeness (QED) is 0.458. The van der Waals surface area contributed by atoms with Gasteiger partial charge in [-0.05, 0) is 43.6 Å². The molecule has 3 rings (SSSR count). The summed E-state index contributed by atoms with van der Waals surface area (Å²) in [5.41, 5.74) is 0.345.